The molecule has 148 valence electrons. The lowest BCUT2D eigenvalue weighted by atomic mass is 10.2. The number of hydrogen-bond donors (Lipinski definition) is 2. The largest absolute Gasteiger partial charge is 0.353 e. The Morgan fingerprint density at radius 3 is 2.68 bits per heavy atom. The van der Waals surface area contributed by atoms with Crippen molar-refractivity contribution < 1.29 is 4.79 Å². The summed E-state index contributed by atoms with van der Waals surface area (Å²) in [5.41, 5.74) is 2.03. The highest BCUT2D eigenvalue weighted by Crippen LogP contribution is 2.21. The van der Waals surface area contributed by atoms with E-state index in [1.165, 1.54) is 0 Å². The van der Waals surface area contributed by atoms with Gasteiger partial charge in [-0.05, 0) is 31.0 Å². The van der Waals surface area contributed by atoms with E-state index in [1.807, 2.05) is 47.7 Å². The third-order valence-corrected chi connectivity index (χ3v) is 4.75. The van der Waals surface area contributed by atoms with E-state index in [0.29, 0.717) is 32.0 Å². The maximum atomic E-state index is 11.9. The molecule has 1 amide bonds. The molecule has 0 aliphatic carbocycles. The van der Waals surface area contributed by atoms with E-state index in [9.17, 15) is 4.79 Å². The molecule has 2 heterocycles. The van der Waals surface area contributed by atoms with Crippen LogP contribution in [-0.2, 0) is 24.9 Å². The van der Waals surface area contributed by atoms with Gasteiger partial charge in [-0.15, -0.1) is 16.8 Å². The number of carbonyl (C=O) groups is 1. The Morgan fingerprint density at radius 2 is 2.07 bits per heavy atom. The number of rotatable bonds is 7. The molecule has 8 heteroatoms. The maximum absolute atomic E-state index is 11.9. The first kappa shape index (κ1) is 19.6. The van der Waals surface area contributed by atoms with E-state index in [2.05, 4.69) is 32.4 Å². The second-order valence-electron chi connectivity index (χ2n) is 6.73. The lowest BCUT2D eigenvalue weighted by molar-refractivity contribution is -0.117. The number of aliphatic imine (C=N–C) groups is 1. The summed E-state index contributed by atoms with van der Waals surface area (Å²) < 4.78 is 1.94. The van der Waals surface area contributed by atoms with Gasteiger partial charge < -0.3 is 20.1 Å². The van der Waals surface area contributed by atoms with Crippen LogP contribution >= 0.6 is 0 Å². The number of aromatic nitrogens is 3. The molecule has 1 aromatic carbocycles. The van der Waals surface area contributed by atoms with Crippen LogP contribution in [0.15, 0.2) is 41.9 Å². The van der Waals surface area contributed by atoms with Crippen LogP contribution in [0.4, 0.5) is 5.69 Å². The Hall–Kier alpha value is -3.16. The Labute approximate surface area is 165 Å². The molecule has 0 unspecified atom stereocenters. The van der Waals surface area contributed by atoms with Gasteiger partial charge in [-0.25, -0.2) is 4.99 Å². The minimum atomic E-state index is 0.199. The second-order valence-corrected chi connectivity index (χ2v) is 6.73. The molecule has 1 aromatic heterocycles. The van der Waals surface area contributed by atoms with E-state index < -0.39 is 0 Å². The van der Waals surface area contributed by atoms with Crippen molar-refractivity contribution in [3.63, 3.8) is 0 Å². The molecule has 0 spiro atoms. The zero-order chi connectivity index (χ0) is 19.9. The monoisotopic (exact) mass is 381 g/mol. The van der Waals surface area contributed by atoms with Crippen LogP contribution in [0, 0.1) is 6.92 Å². The van der Waals surface area contributed by atoms with Crippen LogP contribution in [0.2, 0.25) is 0 Å². The summed E-state index contributed by atoms with van der Waals surface area (Å²) in [6.07, 6.45) is 3.35. The van der Waals surface area contributed by atoms with Crippen LogP contribution in [0.25, 0.3) is 0 Å². The molecule has 1 aliphatic heterocycles. The van der Waals surface area contributed by atoms with Gasteiger partial charge in [0.2, 0.25) is 5.91 Å². The van der Waals surface area contributed by atoms with Crippen molar-refractivity contribution in [1.29, 1.82) is 0 Å². The van der Waals surface area contributed by atoms with Crippen molar-refractivity contribution >= 4 is 17.6 Å². The summed E-state index contributed by atoms with van der Waals surface area (Å²) in [5, 5.41) is 14.7. The van der Waals surface area contributed by atoms with Gasteiger partial charge in [0.25, 0.3) is 0 Å². The number of nitrogens with zero attached hydrogens (tertiary/aromatic N) is 5. The average molecular weight is 381 g/mol. The van der Waals surface area contributed by atoms with Crippen molar-refractivity contribution in [3.05, 3.63) is 54.1 Å². The summed E-state index contributed by atoms with van der Waals surface area (Å²) in [7, 11) is 1.94. The number of hydrogen-bond acceptors (Lipinski definition) is 4. The SMILES string of the molecule is C=CCNC(=NCc1ccc(N2CCCC2=O)cc1)NCc1nnc(C)n1C. The molecule has 1 aliphatic rings. The Morgan fingerprint density at radius 1 is 1.29 bits per heavy atom. The van der Waals surface area contributed by atoms with Crippen molar-refractivity contribution in [2.45, 2.75) is 32.9 Å². The normalized spacial score (nSPS) is 14.4. The van der Waals surface area contributed by atoms with Crippen molar-refractivity contribution in [3.8, 4) is 0 Å². The van der Waals surface area contributed by atoms with Crippen molar-refractivity contribution in [1.82, 2.24) is 25.4 Å². The molecule has 3 rings (SSSR count). The predicted molar refractivity (Wildman–Crippen MR) is 110 cm³/mol. The van der Waals surface area contributed by atoms with E-state index in [-0.39, 0.29) is 5.91 Å². The van der Waals surface area contributed by atoms with Crippen LogP contribution < -0.4 is 15.5 Å². The molecule has 2 aromatic rings. The first-order valence-corrected chi connectivity index (χ1v) is 9.45. The fourth-order valence-corrected chi connectivity index (χ4v) is 2.98. The van der Waals surface area contributed by atoms with Gasteiger partial charge in [-0.3, -0.25) is 4.79 Å². The quantitative estimate of drug-likeness (QED) is 0.433. The van der Waals surface area contributed by atoms with Gasteiger partial charge in [0, 0.05) is 32.2 Å². The maximum Gasteiger partial charge on any atom is 0.227 e. The van der Waals surface area contributed by atoms with Crippen LogP contribution in [-0.4, -0.2) is 39.7 Å². The lowest BCUT2D eigenvalue weighted by Crippen LogP contribution is -2.37. The van der Waals surface area contributed by atoms with Crippen LogP contribution in [0.5, 0.6) is 0 Å². The molecule has 2 N–H and O–H groups in total. The van der Waals surface area contributed by atoms with Crippen molar-refractivity contribution in [2.75, 3.05) is 18.0 Å². The summed E-state index contributed by atoms with van der Waals surface area (Å²) in [5.74, 6) is 2.58. The first-order chi connectivity index (χ1) is 13.6. The Bertz CT molecular complexity index is 854. The topological polar surface area (TPSA) is 87.4 Å². The first-order valence-electron chi connectivity index (χ1n) is 9.45. The van der Waals surface area contributed by atoms with Gasteiger partial charge in [0.1, 0.15) is 5.82 Å². The third kappa shape index (κ3) is 4.76. The lowest BCUT2D eigenvalue weighted by Gasteiger charge is -2.16. The molecular formula is C20H27N7O. The average Bonchev–Trinajstić information content (AvgIpc) is 3.27. The minimum absolute atomic E-state index is 0.199. The molecule has 0 bridgehead atoms. The number of nitrogens with one attached hydrogen (secondary N) is 2. The number of amides is 1. The highest BCUT2D eigenvalue weighted by molar-refractivity contribution is 5.95. The highest BCUT2D eigenvalue weighted by atomic mass is 16.2. The summed E-state index contributed by atoms with van der Waals surface area (Å²) in [4.78, 5) is 18.3. The van der Waals surface area contributed by atoms with Crippen LogP contribution in [0.1, 0.15) is 30.1 Å². The molecule has 0 atom stereocenters. The summed E-state index contributed by atoms with van der Waals surface area (Å²) in [6.45, 7) is 8.12. The number of aryl methyl sites for hydroxylation is 1. The van der Waals surface area contributed by atoms with E-state index in [1.54, 1.807) is 6.08 Å². The number of guanidine groups is 1. The van der Waals surface area contributed by atoms with Crippen LogP contribution in [0.3, 0.4) is 0 Å². The highest BCUT2D eigenvalue weighted by Gasteiger charge is 2.21. The molecule has 1 fully saturated rings. The fourth-order valence-electron chi connectivity index (χ4n) is 2.98. The van der Waals surface area contributed by atoms with Gasteiger partial charge in [-0.2, -0.15) is 0 Å². The molecular weight excluding hydrogens is 354 g/mol. The Kier molecular flexibility index (Phi) is 6.41. The van der Waals surface area contributed by atoms with E-state index >= 15 is 0 Å². The third-order valence-electron chi connectivity index (χ3n) is 4.75. The van der Waals surface area contributed by atoms with Gasteiger partial charge in [0.15, 0.2) is 11.8 Å². The van der Waals surface area contributed by atoms with Gasteiger partial charge in [-0.1, -0.05) is 18.2 Å². The molecule has 8 nitrogen and oxygen atoms in total. The number of anilines is 1. The smallest absolute Gasteiger partial charge is 0.227 e. The zero-order valence-electron chi connectivity index (χ0n) is 16.5. The minimum Gasteiger partial charge on any atom is -0.353 e. The van der Waals surface area contributed by atoms with Gasteiger partial charge >= 0.3 is 0 Å². The molecule has 0 radical (unpaired) electrons. The van der Waals surface area contributed by atoms with E-state index in [4.69, 9.17) is 0 Å². The molecule has 28 heavy (non-hydrogen) atoms. The second kappa shape index (κ2) is 9.16. The summed E-state index contributed by atoms with van der Waals surface area (Å²) >= 11 is 0. The molecule has 0 saturated carbocycles. The number of benzene rings is 1. The van der Waals surface area contributed by atoms with Gasteiger partial charge in [0.05, 0.1) is 13.1 Å². The predicted octanol–water partition coefficient (Wildman–Crippen LogP) is 1.67. The molecule has 1 saturated heterocycles. The number of carbonyl (C=O) groups excluding carboxylic acids is 1. The summed E-state index contributed by atoms with van der Waals surface area (Å²) in [6, 6.07) is 8.00. The fraction of sp³-hybridized carbons (Fsp3) is 0.400. The standard InChI is InChI=1S/C20H27N7O/c1-4-11-21-20(23-14-18-25-24-15(2)26(18)3)22-13-16-7-9-17(10-8-16)27-12-5-6-19(27)28/h4,7-10H,1,5-6,11-14H2,2-3H3,(H2,21,22,23). The van der Waals surface area contributed by atoms with E-state index in [0.717, 1.165) is 35.9 Å². The Balaban J connectivity index is 1.62. The zero-order valence-corrected chi connectivity index (χ0v) is 16.5. The van der Waals surface area contributed by atoms with Crippen molar-refractivity contribution in [2.24, 2.45) is 12.0 Å².